The number of hydrogen-bond donors (Lipinski definition) is 2. The van der Waals surface area contributed by atoms with Crippen LogP contribution in [0.5, 0.6) is 0 Å². The Morgan fingerprint density at radius 1 is 1.22 bits per heavy atom. The maximum Gasteiger partial charge on any atom is 0.248 e. The van der Waals surface area contributed by atoms with Crippen LogP contribution in [0.2, 0.25) is 0 Å². The van der Waals surface area contributed by atoms with E-state index in [0.29, 0.717) is 0 Å². The number of benzene rings is 1. The van der Waals surface area contributed by atoms with Crippen molar-refractivity contribution in [3.8, 4) is 11.3 Å². The predicted molar refractivity (Wildman–Crippen MR) is 121 cm³/mol. The first kappa shape index (κ1) is 22.5. The lowest BCUT2D eigenvalue weighted by Gasteiger charge is -2.34. The second-order valence-corrected chi connectivity index (χ2v) is 10.0. The molecule has 1 aliphatic heterocycles. The number of hydrogen-bond acceptors (Lipinski definition) is 5. The number of amides is 2. The van der Waals surface area contributed by atoms with E-state index in [2.05, 4.69) is 33.8 Å². The van der Waals surface area contributed by atoms with Gasteiger partial charge in [-0.3, -0.25) is 9.59 Å². The Bertz CT molecular complexity index is 1010. The molecular formula is C24H33N5O3. The number of β-amino-alcohol motifs (C(OH)–C–C–N with tert-alkyl or cyclic N) is 1. The minimum absolute atomic E-state index is 0.136. The summed E-state index contributed by atoms with van der Waals surface area (Å²) in [6.45, 7) is 6.06. The van der Waals surface area contributed by atoms with Gasteiger partial charge in [0.1, 0.15) is 17.8 Å². The molecule has 2 N–H and O–H groups in total. The molecule has 1 aliphatic carbocycles. The van der Waals surface area contributed by atoms with Crippen molar-refractivity contribution >= 4 is 11.8 Å². The number of nitrogens with zero attached hydrogens (tertiary/aromatic N) is 4. The third kappa shape index (κ3) is 4.16. The van der Waals surface area contributed by atoms with Crippen LogP contribution in [0.3, 0.4) is 0 Å². The third-order valence-electron chi connectivity index (χ3n) is 6.61. The van der Waals surface area contributed by atoms with Crippen LogP contribution in [-0.4, -0.2) is 62.6 Å². The smallest absolute Gasteiger partial charge is 0.248 e. The maximum absolute atomic E-state index is 13.7. The Balaban J connectivity index is 1.68. The number of aliphatic hydroxyl groups is 1. The van der Waals surface area contributed by atoms with Gasteiger partial charge in [0, 0.05) is 25.6 Å². The molecule has 0 saturated carbocycles. The summed E-state index contributed by atoms with van der Waals surface area (Å²) in [7, 11) is 1.54. The third-order valence-corrected chi connectivity index (χ3v) is 6.61. The number of aromatic nitrogens is 3. The highest BCUT2D eigenvalue weighted by Crippen LogP contribution is 2.36. The molecular weight excluding hydrogens is 406 g/mol. The molecule has 8 heteroatoms. The van der Waals surface area contributed by atoms with Crippen molar-refractivity contribution in [3.05, 3.63) is 35.5 Å². The molecule has 32 heavy (non-hydrogen) atoms. The summed E-state index contributed by atoms with van der Waals surface area (Å²) >= 11 is 0. The number of fused-ring (bicyclic) bond motifs is 1. The van der Waals surface area contributed by atoms with Gasteiger partial charge in [-0.15, -0.1) is 5.10 Å². The van der Waals surface area contributed by atoms with E-state index in [9.17, 15) is 14.7 Å². The molecule has 0 bridgehead atoms. The van der Waals surface area contributed by atoms with Gasteiger partial charge in [0.05, 0.1) is 12.3 Å². The molecule has 1 aromatic carbocycles. The summed E-state index contributed by atoms with van der Waals surface area (Å²) in [6.07, 6.45) is 5.85. The molecule has 1 saturated heterocycles. The van der Waals surface area contributed by atoms with Crippen LogP contribution in [0.4, 0.5) is 0 Å². The number of aliphatic hydroxyl groups excluding tert-OH is 1. The van der Waals surface area contributed by atoms with Crippen LogP contribution in [0.25, 0.3) is 11.3 Å². The van der Waals surface area contributed by atoms with Crippen LogP contribution >= 0.6 is 0 Å². The molecule has 3 atom stereocenters. The first-order valence-corrected chi connectivity index (χ1v) is 11.4. The summed E-state index contributed by atoms with van der Waals surface area (Å²) in [6, 6.07) is 4.98. The second kappa shape index (κ2) is 8.65. The van der Waals surface area contributed by atoms with Gasteiger partial charge in [-0.25, -0.2) is 4.68 Å². The van der Waals surface area contributed by atoms with Gasteiger partial charge in [0.15, 0.2) is 0 Å². The molecule has 8 nitrogen and oxygen atoms in total. The van der Waals surface area contributed by atoms with E-state index in [4.69, 9.17) is 0 Å². The molecule has 2 heterocycles. The van der Waals surface area contributed by atoms with Crippen molar-refractivity contribution in [1.82, 2.24) is 25.2 Å². The number of nitrogens with one attached hydrogen (secondary N) is 1. The minimum Gasteiger partial charge on any atom is -0.391 e. The fourth-order valence-corrected chi connectivity index (χ4v) is 5.06. The van der Waals surface area contributed by atoms with Gasteiger partial charge in [-0.05, 0) is 42.2 Å². The average Bonchev–Trinajstić information content (AvgIpc) is 3.38. The Labute approximate surface area is 189 Å². The summed E-state index contributed by atoms with van der Waals surface area (Å²) in [5, 5.41) is 21.6. The van der Waals surface area contributed by atoms with Gasteiger partial charge >= 0.3 is 0 Å². The number of carbonyl (C=O) groups excluding carboxylic acids is 2. The van der Waals surface area contributed by atoms with E-state index in [1.54, 1.807) is 11.7 Å². The number of rotatable bonds is 4. The zero-order valence-corrected chi connectivity index (χ0v) is 19.3. The van der Waals surface area contributed by atoms with Crippen molar-refractivity contribution < 1.29 is 14.7 Å². The molecule has 2 aromatic rings. The lowest BCUT2D eigenvalue weighted by molar-refractivity contribution is -0.144. The summed E-state index contributed by atoms with van der Waals surface area (Å²) < 4.78 is 1.63. The van der Waals surface area contributed by atoms with Crippen molar-refractivity contribution in [1.29, 1.82) is 0 Å². The van der Waals surface area contributed by atoms with E-state index in [-0.39, 0.29) is 24.8 Å². The van der Waals surface area contributed by atoms with E-state index in [1.165, 1.54) is 28.9 Å². The summed E-state index contributed by atoms with van der Waals surface area (Å²) in [5.74, 6) is -0.494. The number of likely N-dealkylation sites (N-methyl/N-ethyl adjacent to an activating group) is 1. The SMILES string of the molecule is CNC(=O)[C@@H]1C[C@@H](O)CN1C(=O)[C@@H](n1cc(-c2cccc3c2CCCC3)nn1)C(C)(C)C. The molecule has 172 valence electrons. The highest BCUT2D eigenvalue weighted by Gasteiger charge is 2.45. The number of aryl methyl sites for hydroxylation is 1. The van der Waals surface area contributed by atoms with Gasteiger partial charge in [-0.2, -0.15) is 0 Å². The molecule has 1 aromatic heterocycles. The topological polar surface area (TPSA) is 100 Å². The van der Waals surface area contributed by atoms with Crippen LogP contribution in [0.1, 0.15) is 57.2 Å². The number of likely N-dealkylation sites (tertiary alicyclic amines) is 1. The van der Waals surface area contributed by atoms with E-state index in [0.717, 1.165) is 24.1 Å². The van der Waals surface area contributed by atoms with Gasteiger partial charge in [0.2, 0.25) is 11.8 Å². The summed E-state index contributed by atoms with van der Waals surface area (Å²) in [5.41, 5.74) is 4.06. The van der Waals surface area contributed by atoms with Crippen LogP contribution < -0.4 is 5.32 Å². The quantitative estimate of drug-likeness (QED) is 0.760. The van der Waals surface area contributed by atoms with Crippen LogP contribution in [-0.2, 0) is 22.4 Å². The van der Waals surface area contributed by atoms with Crippen LogP contribution in [0.15, 0.2) is 24.4 Å². The van der Waals surface area contributed by atoms with Gasteiger partial charge in [-0.1, -0.05) is 44.2 Å². The van der Waals surface area contributed by atoms with Crippen molar-refractivity contribution in [3.63, 3.8) is 0 Å². The molecule has 0 spiro atoms. The average molecular weight is 440 g/mol. The zero-order valence-electron chi connectivity index (χ0n) is 19.3. The molecule has 2 amide bonds. The van der Waals surface area contributed by atoms with E-state index >= 15 is 0 Å². The fourth-order valence-electron chi connectivity index (χ4n) is 5.06. The summed E-state index contributed by atoms with van der Waals surface area (Å²) in [4.78, 5) is 27.5. The fraction of sp³-hybridized carbons (Fsp3) is 0.583. The Morgan fingerprint density at radius 3 is 2.69 bits per heavy atom. The van der Waals surface area contributed by atoms with Crippen molar-refractivity contribution in [2.45, 2.75) is 71.1 Å². The minimum atomic E-state index is -0.719. The van der Waals surface area contributed by atoms with Gasteiger partial charge in [0.25, 0.3) is 0 Å². The highest BCUT2D eigenvalue weighted by atomic mass is 16.3. The van der Waals surface area contributed by atoms with E-state index in [1.807, 2.05) is 27.0 Å². The molecule has 0 unspecified atom stereocenters. The van der Waals surface area contributed by atoms with Crippen molar-refractivity contribution in [2.75, 3.05) is 13.6 Å². The monoisotopic (exact) mass is 439 g/mol. The molecule has 1 fully saturated rings. The lowest BCUT2D eigenvalue weighted by Crippen LogP contribution is -2.49. The first-order chi connectivity index (χ1) is 15.2. The number of carbonyl (C=O) groups is 2. The lowest BCUT2D eigenvalue weighted by atomic mass is 9.85. The zero-order chi connectivity index (χ0) is 23.0. The van der Waals surface area contributed by atoms with Crippen LogP contribution in [0, 0.1) is 5.41 Å². The second-order valence-electron chi connectivity index (χ2n) is 10.0. The Hall–Kier alpha value is -2.74. The molecule has 4 rings (SSSR count). The predicted octanol–water partition coefficient (Wildman–Crippen LogP) is 2.12. The maximum atomic E-state index is 13.7. The normalized spacial score (nSPS) is 21.8. The highest BCUT2D eigenvalue weighted by molar-refractivity contribution is 5.90. The van der Waals surface area contributed by atoms with Gasteiger partial charge < -0.3 is 15.3 Å². The van der Waals surface area contributed by atoms with E-state index < -0.39 is 23.6 Å². The standard InChI is InChI=1S/C24H33N5O3/c1-24(2,3)21(23(32)28-13-16(30)12-20(28)22(31)25-4)29-14-19(26-27-29)18-11-7-9-15-8-5-6-10-17(15)18/h7,9,11,14,16,20-21,30H,5-6,8,10,12-13H2,1-4H3,(H,25,31)/t16-,20+,21-/m1/s1. The van der Waals surface area contributed by atoms with Crippen molar-refractivity contribution in [2.24, 2.45) is 5.41 Å². The largest absolute Gasteiger partial charge is 0.391 e. The Morgan fingerprint density at radius 2 is 1.97 bits per heavy atom. The molecule has 2 aliphatic rings. The molecule has 0 radical (unpaired) electrons. The first-order valence-electron chi connectivity index (χ1n) is 11.4. The Kier molecular flexibility index (Phi) is 6.07.